The molecule has 1 aliphatic rings. The Morgan fingerprint density at radius 1 is 1.57 bits per heavy atom. The van der Waals surface area contributed by atoms with Crippen LogP contribution in [0.1, 0.15) is 25.3 Å². The zero-order chi connectivity index (χ0) is 10.2. The first kappa shape index (κ1) is 9.21. The van der Waals surface area contributed by atoms with E-state index in [-0.39, 0.29) is 5.82 Å². The Hall–Kier alpha value is -1.36. The van der Waals surface area contributed by atoms with E-state index >= 15 is 0 Å². The number of hydrogen-bond acceptors (Lipinski definition) is 1. The topological polar surface area (TPSA) is 23.8 Å². The molecular formula is C12H12FN. The van der Waals surface area contributed by atoms with E-state index in [0.29, 0.717) is 5.92 Å². The average molecular weight is 189 g/mol. The van der Waals surface area contributed by atoms with Crippen molar-refractivity contribution in [3.8, 4) is 6.07 Å². The van der Waals surface area contributed by atoms with Gasteiger partial charge < -0.3 is 0 Å². The van der Waals surface area contributed by atoms with Crippen molar-refractivity contribution in [2.45, 2.75) is 25.2 Å². The quantitative estimate of drug-likeness (QED) is 0.666. The summed E-state index contributed by atoms with van der Waals surface area (Å²) in [6.07, 6.45) is 1.91. The van der Waals surface area contributed by atoms with Crippen LogP contribution in [0, 0.1) is 23.1 Å². The second-order valence-electron chi connectivity index (χ2n) is 4.03. The highest BCUT2D eigenvalue weighted by atomic mass is 19.1. The van der Waals surface area contributed by atoms with Gasteiger partial charge in [-0.05, 0) is 36.5 Å². The van der Waals surface area contributed by atoms with Gasteiger partial charge in [-0.3, -0.25) is 0 Å². The normalized spacial score (nSPS) is 30.5. The molecule has 0 radical (unpaired) electrons. The molecule has 2 heteroatoms. The van der Waals surface area contributed by atoms with E-state index < -0.39 is 5.41 Å². The van der Waals surface area contributed by atoms with Crippen molar-refractivity contribution in [3.63, 3.8) is 0 Å². The van der Waals surface area contributed by atoms with Crippen molar-refractivity contribution < 1.29 is 4.39 Å². The van der Waals surface area contributed by atoms with Gasteiger partial charge in [0.1, 0.15) is 5.82 Å². The molecule has 1 aromatic carbocycles. The molecule has 0 aliphatic heterocycles. The Morgan fingerprint density at radius 2 is 2.36 bits per heavy atom. The van der Waals surface area contributed by atoms with E-state index in [9.17, 15) is 9.65 Å². The SMILES string of the molecule is CC1CCC1(C#N)c1cccc(F)c1. The molecule has 1 nitrogen and oxygen atoms in total. The van der Waals surface area contributed by atoms with Crippen molar-refractivity contribution in [2.75, 3.05) is 0 Å². The highest BCUT2D eigenvalue weighted by Gasteiger charge is 2.45. The molecule has 0 saturated heterocycles. The van der Waals surface area contributed by atoms with E-state index in [1.807, 2.05) is 6.07 Å². The van der Waals surface area contributed by atoms with Crippen LogP contribution in [0.3, 0.4) is 0 Å². The molecule has 14 heavy (non-hydrogen) atoms. The van der Waals surface area contributed by atoms with Crippen LogP contribution >= 0.6 is 0 Å². The van der Waals surface area contributed by atoms with Crippen LogP contribution in [0.25, 0.3) is 0 Å². The summed E-state index contributed by atoms with van der Waals surface area (Å²) in [4.78, 5) is 0. The van der Waals surface area contributed by atoms with Crippen molar-refractivity contribution in [2.24, 2.45) is 5.92 Å². The minimum atomic E-state index is -0.428. The van der Waals surface area contributed by atoms with Crippen LogP contribution in [0.4, 0.5) is 4.39 Å². The fourth-order valence-corrected chi connectivity index (χ4v) is 2.15. The van der Waals surface area contributed by atoms with Gasteiger partial charge in [-0.25, -0.2) is 4.39 Å². The van der Waals surface area contributed by atoms with Gasteiger partial charge in [0.25, 0.3) is 0 Å². The summed E-state index contributed by atoms with van der Waals surface area (Å²) < 4.78 is 13.0. The molecule has 1 aromatic rings. The van der Waals surface area contributed by atoms with Gasteiger partial charge in [-0.15, -0.1) is 0 Å². The van der Waals surface area contributed by atoms with Gasteiger partial charge >= 0.3 is 0 Å². The number of rotatable bonds is 1. The van der Waals surface area contributed by atoms with Crippen molar-refractivity contribution in [1.82, 2.24) is 0 Å². The van der Waals surface area contributed by atoms with Crippen LogP contribution in [0.2, 0.25) is 0 Å². The Bertz CT molecular complexity index is 394. The highest BCUT2D eigenvalue weighted by molar-refractivity contribution is 5.36. The van der Waals surface area contributed by atoms with E-state index in [1.165, 1.54) is 12.1 Å². The van der Waals surface area contributed by atoms with E-state index in [1.54, 1.807) is 6.07 Å². The summed E-state index contributed by atoms with van der Waals surface area (Å²) in [5.74, 6) is 0.0884. The summed E-state index contributed by atoms with van der Waals surface area (Å²) in [6, 6.07) is 8.77. The first-order chi connectivity index (χ1) is 6.69. The molecule has 0 heterocycles. The number of nitriles is 1. The summed E-state index contributed by atoms with van der Waals surface area (Å²) in [5, 5.41) is 9.18. The standard InChI is InChI=1S/C12H12FN/c1-9-5-6-12(9,8-14)10-3-2-4-11(13)7-10/h2-4,7,9H,5-6H2,1H3. The van der Waals surface area contributed by atoms with E-state index in [4.69, 9.17) is 0 Å². The Labute approximate surface area is 83.2 Å². The number of benzene rings is 1. The van der Waals surface area contributed by atoms with Crippen LogP contribution < -0.4 is 0 Å². The lowest BCUT2D eigenvalue weighted by Crippen LogP contribution is -2.41. The third kappa shape index (κ3) is 1.13. The van der Waals surface area contributed by atoms with E-state index in [2.05, 4.69) is 13.0 Å². The Kier molecular flexibility index (Phi) is 2.03. The lowest BCUT2D eigenvalue weighted by atomic mass is 9.58. The van der Waals surface area contributed by atoms with Crippen molar-refractivity contribution in [1.29, 1.82) is 5.26 Å². The van der Waals surface area contributed by atoms with Gasteiger partial charge in [0.2, 0.25) is 0 Å². The molecule has 0 spiro atoms. The minimum absolute atomic E-state index is 0.253. The second kappa shape index (κ2) is 3.09. The zero-order valence-electron chi connectivity index (χ0n) is 8.13. The average Bonchev–Trinajstić information content (AvgIpc) is 2.17. The molecule has 1 aliphatic carbocycles. The van der Waals surface area contributed by atoms with Gasteiger partial charge in [-0.1, -0.05) is 19.1 Å². The largest absolute Gasteiger partial charge is 0.207 e. The molecule has 2 atom stereocenters. The van der Waals surface area contributed by atoms with Crippen LogP contribution in [0.5, 0.6) is 0 Å². The van der Waals surface area contributed by atoms with Crippen molar-refractivity contribution >= 4 is 0 Å². The lowest BCUT2D eigenvalue weighted by Gasteiger charge is -2.42. The molecule has 1 fully saturated rings. The fourth-order valence-electron chi connectivity index (χ4n) is 2.15. The second-order valence-corrected chi connectivity index (χ2v) is 4.03. The molecule has 0 bridgehead atoms. The van der Waals surface area contributed by atoms with Crippen LogP contribution in [-0.2, 0) is 5.41 Å². The van der Waals surface area contributed by atoms with E-state index in [0.717, 1.165) is 18.4 Å². The third-order valence-electron chi connectivity index (χ3n) is 3.35. The summed E-state index contributed by atoms with van der Waals surface area (Å²) in [7, 11) is 0. The molecule has 0 aromatic heterocycles. The monoisotopic (exact) mass is 189 g/mol. The number of halogens is 1. The highest BCUT2D eigenvalue weighted by Crippen LogP contribution is 2.48. The molecule has 0 N–H and O–H groups in total. The van der Waals surface area contributed by atoms with Crippen LogP contribution in [0.15, 0.2) is 24.3 Å². The maximum atomic E-state index is 13.0. The molecule has 72 valence electrons. The maximum absolute atomic E-state index is 13.0. The fraction of sp³-hybridized carbons (Fsp3) is 0.417. The molecule has 0 amide bonds. The number of nitrogens with zero attached hydrogens (tertiary/aromatic N) is 1. The van der Waals surface area contributed by atoms with Gasteiger partial charge in [0, 0.05) is 0 Å². The molecular weight excluding hydrogens is 177 g/mol. The predicted molar refractivity (Wildman–Crippen MR) is 52.1 cm³/mol. The van der Waals surface area contributed by atoms with Gasteiger partial charge in [-0.2, -0.15) is 5.26 Å². The maximum Gasteiger partial charge on any atom is 0.123 e. The first-order valence-corrected chi connectivity index (χ1v) is 4.86. The number of hydrogen-bond donors (Lipinski definition) is 0. The van der Waals surface area contributed by atoms with Crippen molar-refractivity contribution in [3.05, 3.63) is 35.6 Å². The summed E-state index contributed by atoms with van der Waals surface area (Å²) in [6.45, 7) is 2.05. The lowest BCUT2D eigenvalue weighted by molar-refractivity contribution is 0.201. The predicted octanol–water partition coefficient (Wildman–Crippen LogP) is 3.02. The summed E-state index contributed by atoms with van der Waals surface area (Å²) >= 11 is 0. The Balaban J connectivity index is 2.43. The molecule has 1 saturated carbocycles. The summed E-state index contributed by atoms with van der Waals surface area (Å²) in [5.41, 5.74) is 0.404. The smallest absolute Gasteiger partial charge is 0.123 e. The van der Waals surface area contributed by atoms with Gasteiger partial charge in [0.05, 0.1) is 11.5 Å². The molecule has 2 unspecified atom stereocenters. The zero-order valence-corrected chi connectivity index (χ0v) is 8.13. The Morgan fingerprint density at radius 3 is 2.79 bits per heavy atom. The van der Waals surface area contributed by atoms with Crippen LogP contribution in [-0.4, -0.2) is 0 Å². The van der Waals surface area contributed by atoms with Gasteiger partial charge in [0.15, 0.2) is 0 Å². The molecule has 2 rings (SSSR count). The first-order valence-electron chi connectivity index (χ1n) is 4.86. The minimum Gasteiger partial charge on any atom is -0.207 e. The third-order valence-corrected chi connectivity index (χ3v) is 3.35.